The highest BCUT2D eigenvalue weighted by molar-refractivity contribution is 7.98. The van der Waals surface area contributed by atoms with E-state index in [9.17, 15) is 9.90 Å². The van der Waals surface area contributed by atoms with Crippen LogP contribution in [0.1, 0.15) is 17.3 Å². The number of rotatable bonds is 6. The van der Waals surface area contributed by atoms with Gasteiger partial charge >= 0.3 is 5.97 Å². The number of carbonyl (C=O) groups is 1. The van der Waals surface area contributed by atoms with Gasteiger partial charge in [-0.15, -0.1) is 11.8 Å². The van der Waals surface area contributed by atoms with Gasteiger partial charge < -0.3 is 15.2 Å². The summed E-state index contributed by atoms with van der Waals surface area (Å²) in [5.41, 5.74) is 0.955. The van der Waals surface area contributed by atoms with E-state index in [1.165, 1.54) is 11.8 Å². The molecule has 0 heterocycles. The smallest absolute Gasteiger partial charge is 0.338 e. The fraction of sp³-hybridized carbons (Fsp3) is 0.417. The molecular weight excluding hydrogens is 238 g/mol. The largest absolute Gasteiger partial charge is 0.478 e. The minimum absolute atomic E-state index is 0.0366. The number of hydrogen-bond acceptors (Lipinski definition) is 4. The van der Waals surface area contributed by atoms with Crippen LogP contribution in [0, 0.1) is 0 Å². The first-order chi connectivity index (χ1) is 8.10. The van der Waals surface area contributed by atoms with Gasteiger partial charge in [-0.1, -0.05) is 6.07 Å². The highest BCUT2D eigenvalue weighted by Crippen LogP contribution is 2.27. The number of ether oxygens (including phenoxy) is 1. The van der Waals surface area contributed by atoms with E-state index in [0.717, 1.165) is 4.90 Å². The number of carboxylic acid groups (broad SMARTS) is 1. The molecule has 17 heavy (non-hydrogen) atoms. The van der Waals surface area contributed by atoms with Gasteiger partial charge in [0.1, 0.15) is 0 Å². The number of aromatic carboxylic acids is 1. The lowest BCUT2D eigenvalue weighted by Gasteiger charge is -2.15. The van der Waals surface area contributed by atoms with Crippen LogP contribution in [0.2, 0.25) is 0 Å². The summed E-state index contributed by atoms with van der Waals surface area (Å²) in [7, 11) is 1.63. The van der Waals surface area contributed by atoms with Crippen LogP contribution in [-0.4, -0.2) is 37.1 Å². The predicted octanol–water partition coefficient (Wildman–Crippen LogP) is 2.55. The summed E-state index contributed by atoms with van der Waals surface area (Å²) in [6.07, 6.45) is 1.90. The molecule has 0 fully saturated rings. The highest BCUT2D eigenvalue weighted by Gasteiger charge is 2.15. The molecule has 1 aromatic rings. The minimum atomic E-state index is -0.914. The zero-order valence-electron chi connectivity index (χ0n) is 10.2. The van der Waals surface area contributed by atoms with Crippen molar-refractivity contribution in [2.24, 2.45) is 0 Å². The fourth-order valence-electron chi connectivity index (χ4n) is 1.41. The maximum atomic E-state index is 11.2. The number of thioether (sulfide) groups is 1. The average Bonchev–Trinajstić information content (AvgIpc) is 2.34. The monoisotopic (exact) mass is 255 g/mol. The maximum Gasteiger partial charge on any atom is 0.338 e. The first-order valence-corrected chi connectivity index (χ1v) is 6.49. The highest BCUT2D eigenvalue weighted by atomic mass is 32.2. The van der Waals surface area contributed by atoms with Gasteiger partial charge in [-0.2, -0.15) is 0 Å². The number of carboxylic acids is 1. The predicted molar refractivity (Wildman–Crippen MR) is 70.1 cm³/mol. The molecule has 0 amide bonds. The number of nitrogens with one attached hydrogen (secondary N) is 1. The zero-order chi connectivity index (χ0) is 12.8. The fourth-order valence-corrected chi connectivity index (χ4v) is 2.02. The third kappa shape index (κ3) is 3.64. The second kappa shape index (κ2) is 6.51. The molecule has 0 radical (unpaired) electrons. The van der Waals surface area contributed by atoms with Crippen LogP contribution in [0.15, 0.2) is 23.1 Å². The SMILES string of the molecule is COC(C)CNc1cccc(SC)c1C(=O)O. The lowest BCUT2D eigenvalue weighted by Crippen LogP contribution is -2.19. The van der Waals surface area contributed by atoms with E-state index in [-0.39, 0.29) is 6.10 Å². The van der Waals surface area contributed by atoms with E-state index in [1.54, 1.807) is 19.2 Å². The van der Waals surface area contributed by atoms with Crippen molar-refractivity contribution in [1.82, 2.24) is 0 Å². The van der Waals surface area contributed by atoms with Gasteiger partial charge in [0.05, 0.1) is 11.7 Å². The molecule has 0 aliphatic rings. The molecule has 0 aliphatic carbocycles. The van der Waals surface area contributed by atoms with E-state index >= 15 is 0 Å². The Balaban J connectivity index is 2.94. The van der Waals surface area contributed by atoms with Crippen LogP contribution < -0.4 is 5.32 Å². The summed E-state index contributed by atoms with van der Waals surface area (Å²) in [5, 5.41) is 12.3. The van der Waals surface area contributed by atoms with Gasteiger partial charge in [0.15, 0.2) is 0 Å². The molecule has 2 N–H and O–H groups in total. The summed E-state index contributed by atoms with van der Waals surface area (Å²) < 4.78 is 5.11. The first-order valence-electron chi connectivity index (χ1n) is 5.27. The van der Waals surface area contributed by atoms with Crippen LogP contribution in [0.5, 0.6) is 0 Å². The molecule has 5 heteroatoms. The molecule has 0 saturated carbocycles. The molecule has 0 bridgehead atoms. The Morgan fingerprint density at radius 1 is 1.59 bits per heavy atom. The van der Waals surface area contributed by atoms with Gasteiger partial charge in [-0.3, -0.25) is 0 Å². The van der Waals surface area contributed by atoms with Crippen LogP contribution in [0.25, 0.3) is 0 Å². The standard InChI is InChI=1S/C12H17NO3S/c1-8(16-2)7-13-9-5-4-6-10(17-3)11(9)12(14)15/h4-6,8,13H,7H2,1-3H3,(H,14,15). The van der Waals surface area contributed by atoms with Crippen molar-refractivity contribution >= 4 is 23.4 Å². The Morgan fingerprint density at radius 3 is 2.82 bits per heavy atom. The molecule has 1 atom stereocenters. The molecule has 0 spiro atoms. The Kier molecular flexibility index (Phi) is 5.31. The lowest BCUT2D eigenvalue weighted by molar-refractivity contribution is 0.0694. The third-order valence-corrected chi connectivity index (χ3v) is 3.22. The van der Waals surface area contributed by atoms with Crippen molar-refractivity contribution in [2.45, 2.75) is 17.9 Å². The number of methoxy groups -OCH3 is 1. The van der Waals surface area contributed by atoms with Crippen LogP contribution >= 0.6 is 11.8 Å². The summed E-state index contributed by atoms with van der Waals surface area (Å²) in [6, 6.07) is 5.42. The third-order valence-electron chi connectivity index (χ3n) is 2.44. The molecule has 94 valence electrons. The van der Waals surface area contributed by atoms with Crippen molar-refractivity contribution in [3.05, 3.63) is 23.8 Å². The van der Waals surface area contributed by atoms with Crippen LogP contribution in [-0.2, 0) is 4.74 Å². The summed E-state index contributed by atoms with van der Waals surface area (Å²) in [5.74, 6) is -0.914. The molecule has 4 nitrogen and oxygen atoms in total. The normalized spacial score (nSPS) is 12.2. The Bertz CT molecular complexity index is 395. The zero-order valence-corrected chi connectivity index (χ0v) is 11.0. The molecule has 1 aromatic carbocycles. The van der Waals surface area contributed by atoms with E-state index in [2.05, 4.69) is 5.32 Å². The van der Waals surface area contributed by atoms with Crippen molar-refractivity contribution in [3.63, 3.8) is 0 Å². The summed E-state index contributed by atoms with van der Waals surface area (Å²) in [4.78, 5) is 12.0. The average molecular weight is 255 g/mol. The molecule has 0 aliphatic heterocycles. The van der Waals surface area contributed by atoms with E-state index < -0.39 is 5.97 Å². The second-order valence-electron chi connectivity index (χ2n) is 3.62. The van der Waals surface area contributed by atoms with Gasteiger partial charge in [0, 0.05) is 24.2 Å². The Hall–Kier alpha value is -1.20. The summed E-state index contributed by atoms with van der Waals surface area (Å²) in [6.45, 7) is 2.50. The topological polar surface area (TPSA) is 58.6 Å². The number of benzene rings is 1. The Morgan fingerprint density at radius 2 is 2.29 bits per heavy atom. The van der Waals surface area contributed by atoms with Crippen molar-refractivity contribution in [1.29, 1.82) is 0 Å². The van der Waals surface area contributed by atoms with Crippen LogP contribution in [0.3, 0.4) is 0 Å². The molecule has 1 unspecified atom stereocenters. The van der Waals surface area contributed by atoms with Gasteiger partial charge in [0.25, 0.3) is 0 Å². The molecule has 0 saturated heterocycles. The summed E-state index contributed by atoms with van der Waals surface area (Å²) >= 11 is 1.43. The van der Waals surface area contributed by atoms with Gasteiger partial charge in [-0.05, 0) is 25.3 Å². The lowest BCUT2D eigenvalue weighted by atomic mass is 10.1. The van der Waals surface area contributed by atoms with Crippen molar-refractivity contribution in [3.8, 4) is 0 Å². The molecule has 0 aromatic heterocycles. The Labute approximate surface area is 105 Å². The molecule has 1 rings (SSSR count). The second-order valence-corrected chi connectivity index (χ2v) is 4.46. The number of hydrogen-bond donors (Lipinski definition) is 2. The van der Waals surface area contributed by atoms with E-state index in [1.807, 2.05) is 19.2 Å². The van der Waals surface area contributed by atoms with Crippen LogP contribution in [0.4, 0.5) is 5.69 Å². The molecular formula is C12H17NO3S. The van der Waals surface area contributed by atoms with Gasteiger partial charge in [-0.25, -0.2) is 4.79 Å². The van der Waals surface area contributed by atoms with Gasteiger partial charge in [0.2, 0.25) is 0 Å². The minimum Gasteiger partial charge on any atom is -0.478 e. The maximum absolute atomic E-state index is 11.2. The number of anilines is 1. The van der Waals surface area contributed by atoms with Crippen molar-refractivity contribution in [2.75, 3.05) is 25.2 Å². The first kappa shape index (κ1) is 13.9. The van der Waals surface area contributed by atoms with Crippen molar-refractivity contribution < 1.29 is 14.6 Å². The quantitative estimate of drug-likeness (QED) is 0.765. The van der Waals surface area contributed by atoms with E-state index in [0.29, 0.717) is 17.8 Å². The van der Waals surface area contributed by atoms with E-state index in [4.69, 9.17) is 4.74 Å².